The van der Waals surface area contributed by atoms with Crippen LogP contribution in [-0.4, -0.2) is 26.2 Å². The normalized spacial score (nSPS) is 11.7. The van der Waals surface area contributed by atoms with Gasteiger partial charge in [0, 0.05) is 34.0 Å². The minimum Gasteiger partial charge on any atom is -0.443 e. The standard InChI is InChI=1S/C17H16BrN3O2/c1-17(2,3)23-16(22)21-10-13(18)11-6-4-7-12(14(11)21)15-19-8-5-9-20-15/h4-10H,1-3H3. The Bertz CT molecular complexity index is 867. The molecule has 0 aliphatic carbocycles. The summed E-state index contributed by atoms with van der Waals surface area (Å²) in [5.74, 6) is 0.563. The summed E-state index contributed by atoms with van der Waals surface area (Å²) in [5, 5.41) is 0.904. The molecule has 0 saturated carbocycles. The Labute approximate surface area is 142 Å². The predicted octanol–water partition coefficient (Wildman–Crippen LogP) is 4.64. The van der Waals surface area contributed by atoms with Crippen LogP contribution in [0.25, 0.3) is 22.3 Å². The quantitative estimate of drug-likeness (QED) is 0.623. The van der Waals surface area contributed by atoms with E-state index < -0.39 is 11.7 Å². The second-order valence-electron chi connectivity index (χ2n) is 6.10. The number of fused-ring (bicyclic) bond motifs is 1. The fourth-order valence-corrected chi connectivity index (χ4v) is 2.84. The third-order valence-electron chi connectivity index (χ3n) is 3.17. The highest BCUT2D eigenvalue weighted by molar-refractivity contribution is 9.10. The number of carbonyl (C=O) groups is 1. The van der Waals surface area contributed by atoms with Crippen molar-refractivity contribution in [2.45, 2.75) is 26.4 Å². The number of aromatic nitrogens is 3. The first-order chi connectivity index (χ1) is 10.9. The van der Waals surface area contributed by atoms with E-state index in [0.29, 0.717) is 5.82 Å². The highest BCUT2D eigenvalue weighted by atomic mass is 79.9. The molecule has 5 nitrogen and oxygen atoms in total. The van der Waals surface area contributed by atoms with Gasteiger partial charge in [-0.05, 0) is 48.8 Å². The number of hydrogen-bond acceptors (Lipinski definition) is 4. The minimum atomic E-state index is -0.571. The lowest BCUT2D eigenvalue weighted by Gasteiger charge is -2.20. The van der Waals surface area contributed by atoms with Crippen LogP contribution in [0.1, 0.15) is 20.8 Å². The molecule has 23 heavy (non-hydrogen) atoms. The van der Waals surface area contributed by atoms with Crippen LogP contribution in [0.4, 0.5) is 4.79 Å². The molecule has 0 atom stereocenters. The average molecular weight is 374 g/mol. The van der Waals surface area contributed by atoms with Gasteiger partial charge in [0.2, 0.25) is 0 Å². The summed E-state index contributed by atoms with van der Waals surface area (Å²) in [5.41, 5.74) is 0.928. The summed E-state index contributed by atoms with van der Waals surface area (Å²) in [6.07, 6.45) is 4.63. The first kappa shape index (κ1) is 15.7. The molecule has 2 heterocycles. The van der Waals surface area contributed by atoms with E-state index in [4.69, 9.17) is 4.74 Å². The molecule has 0 amide bonds. The van der Waals surface area contributed by atoms with Gasteiger partial charge in [0.25, 0.3) is 0 Å². The van der Waals surface area contributed by atoms with Crippen LogP contribution in [0, 0.1) is 0 Å². The van der Waals surface area contributed by atoms with Crippen LogP contribution in [0.15, 0.2) is 47.3 Å². The van der Waals surface area contributed by atoms with E-state index in [0.717, 1.165) is 20.9 Å². The molecular weight excluding hydrogens is 358 g/mol. The number of rotatable bonds is 1. The number of hydrogen-bond donors (Lipinski definition) is 0. The predicted molar refractivity (Wildman–Crippen MR) is 92.3 cm³/mol. The van der Waals surface area contributed by atoms with Gasteiger partial charge in [-0.2, -0.15) is 0 Å². The van der Waals surface area contributed by atoms with Crippen molar-refractivity contribution >= 4 is 32.9 Å². The van der Waals surface area contributed by atoms with Gasteiger partial charge in [-0.25, -0.2) is 14.8 Å². The number of halogens is 1. The maximum atomic E-state index is 12.6. The molecule has 0 saturated heterocycles. The maximum Gasteiger partial charge on any atom is 0.419 e. The SMILES string of the molecule is CC(C)(C)OC(=O)n1cc(Br)c2cccc(-c3ncccn3)c21. The summed E-state index contributed by atoms with van der Waals surface area (Å²) in [7, 11) is 0. The molecule has 0 spiro atoms. The molecule has 0 aliphatic heterocycles. The number of nitrogens with zero attached hydrogens (tertiary/aromatic N) is 3. The molecule has 0 fully saturated rings. The molecule has 3 rings (SSSR count). The van der Waals surface area contributed by atoms with Gasteiger partial charge in [0.1, 0.15) is 5.60 Å². The molecule has 0 bridgehead atoms. The van der Waals surface area contributed by atoms with Gasteiger partial charge in [-0.15, -0.1) is 0 Å². The van der Waals surface area contributed by atoms with E-state index in [1.807, 2.05) is 39.0 Å². The van der Waals surface area contributed by atoms with Crippen LogP contribution >= 0.6 is 15.9 Å². The monoisotopic (exact) mass is 373 g/mol. The fourth-order valence-electron chi connectivity index (χ4n) is 2.32. The zero-order valence-corrected chi connectivity index (χ0v) is 14.7. The Kier molecular flexibility index (Phi) is 3.93. The van der Waals surface area contributed by atoms with E-state index in [9.17, 15) is 4.79 Å². The number of para-hydroxylation sites is 1. The molecule has 0 N–H and O–H groups in total. The molecule has 2 aromatic heterocycles. The van der Waals surface area contributed by atoms with Gasteiger partial charge < -0.3 is 4.74 Å². The first-order valence-corrected chi connectivity index (χ1v) is 7.96. The molecular formula is C17H16BrN3O2. The zero-order chi connectivity index (χ0) is 16.6. The third-order valence-corrected chi connectivity index (χ3v) is 3.81. The number of carbonyl (C=O) groups excluding carboxylic acids is 1. The molecule has 0 aliphatic rings. The smallest absolute Gasteiger partial charge is 0.419 e. The zero-order valence-electron chi connectivity index (χ0n) is 13.1. The number of benzene rings is 1. The summed E-state index contributed by atoms with van der Waals surface area (Å²) in [6.45, 7) is 5.52. The molecule has 1 aromatic carbocycles. The second-order valence-corrected chi connectivity index (χ2v) is 6.96. The topological polar surface area (TPSA) is 57.0 Å². The van der Waals surface area contributed by atoms with E-state index in [-0.39, 0.29) is 0 Å². The minimum absolute atomic E-state index is 0.434. The Morgan fingerprint density at radius 3 is 2.52 bits per heavy atom. The van der Waals surface area contributed by atoms with Gasteiger partial charge in [0.05, 0.1) is 5.52 Å². The van der Waals surface area contributed by atoms with Crippen molar-refractivity contribution in [1.29, 1.82) is 0 Å². The van der Waals surface area contributed by atoms with E-state index >= 15 is 0 Å². The van der Waals surface area contributed by atoms with Crippen molar-refractivity contribution in [2.24, 2.45) is 0 Å². The van der Waals surface area contributed by atoms with Crippen molar-refractivity contribution in [3.63, 3.8) is 0 Å². The average Bonchev–Trinajstić information content (AvgIpc) is 2.84. The van der Waals surface area contributed by atoms with Crippen molar-refractivity contribution in [3.05, 3.63) is 47.3 Å². The Morgan fingerprint density at radius 2 is 1.87 bits per heavy atom. The third kappa shape index (κ3) is 3.12. The highest BCUT2D eigenvalue weighted by Crippen LogP contribution is 2.33. The van der Waals surface area contributed by atoms with Crippen molar-refractivity contribution in [2.75, 3.05) is 0 Å². The fraction of sp³-hybridized carbons (Fsp3) is 0.235. The maximum absolute atomic E-state index is 12.6. The molecule has 3 aromatic rings. The van der Waals surface area contributed by atoms with Crippen LogP contribution < -0.4 is 0 Å². The van der Waals surface area contributed by atoms with Gasteiger partial charge >= 0.3 is 6.09 Å². The Hall–Kier alpha value is -2.21. The molecule has 118 valence electrons. The largest absolute Gasteiger partial charge is 0.443 e. The van der Waals surface area contributed by atoms with Crippen LogP contribution in [-0.2, 0) is 4.74 Å². The lowest BCUT2D eigenvalue weighted by atomic mass is 10.1. The van der Waals surface area contributed by atoms with E-state index in [1.165, 1.54) is 4.57 Å². The van der Waals surface area contributed by atoms with Gasteiger partial charge in [0.15, 0.2) is 5.82 Å². The summed E-state index contributed by atoms with van der Waals surface area (Å²) in [6, 6.07) is 7.50. The molecule has 0 unspecified atom stereocenters. The summed E-state index contributed by atoms with van der Waals surface area (Å²) >= 11 is 3.50. The highest BCUT2D eigenvalue weighted by Gasteiger charge is 2.22. The number of ether oxygens (including phenoxy) is 1. The van der Waals surface area contributed by atoms with Crippen LogP contribution in [0.2, 0.25) is 0 Å². The Balaban J connectivity index is 2.22. The van der Waals surface area contributed by atoms with Crippen LogP contribution in [0.5, 0.6) is 0 Å². The summed E-state index contributed by atoms with van der Waals surface area (Å²) < 4.78 is 7.81. The van der Waals surface area contributed by atoms with Gasteiger partial charge in [-0.3, -0.25) is 4.57 Å². The van der Waals surface area contributed by atoms with Crippen LogP contribution in [0.3, 0.4) is 0 Å². The first-order valence-electron chi connectivity index (χ1n) is 7.17. The Morgan fingerprint density at radius 1 is 1.17 bits per heavy atom. The van der Waals surface area contributed by atoms with Crippen molar-refractivity contribution in [3.8, 4) is 11.4 Å². The van der Waals surface area contributed by atoms with Gasteiger partial charge in [-0.1, -0.05) is 12.1 Å². The second kappa shape index (κ2) is 5.77. The van der Waals surface area contributed by atoms with E-state index in [1.54, 1.807) is 24.7 Å². The molecule has 0 radical (unpaired) electrons. The lowest BCUT2D eigenvalue weighted by molar-refractivity contribution is 0.0544. The lowest BCUT2D eigenvalue weighted by Crippen LogP contribution is -2.26. The van der Waals surface area contributed by atoms with Crippen molar-refractivity contribution < 1.29 is 9.53 Å². The molecule has 6 heteroatoms. The summed E-state index contributed by atoms with van der Waals surface area (Å²) in [4.78, 5) is 21.1. The van der Waals surface area contributed by atoms with E-state index in [2.05, 4.69) is 25.9 Å². The van der Waals surface area contributed by atoms with Crippen molar-refractivity contribution in [1.82, 2.24) is 14.5 Å².